The van der Waals surface area contributed by atoms with E-state index in [1.807, 2.05) is 0 Å². The highest BCUT2D eigenvalue weighted by Crippen LogP contribution is 2.25. The van der Waals surface area contributed by atoms with Crippen molar-refractivity contribution >= 4 is 37.1 Å². The summed E-state index contributed by atoms with van der Waals surface area (Å²) in [4.78, 5) is 7.88. The summed E-state index contributed by atoms with van der Waals surface area (Å²) in [5, 5.41) is 0. The third-order valence-electron chi connectivity index (χ3n) is 3.33. The smallest absolute Gasteiger partial charge is 0.282 e. The Morgan fingerprint density at radius 1 is 1.21 bits per heavy atom. The van der Waals surface area contributed by atoms with E-state index in [1.54, 1.807) is 0 Å². The van der Waals surface area contributed by atoms with E-state index in [0.29, 0.717) is 5.69 Å². The predicted molar refractivity (Wildman–Crippen MR) is 86.2 cm³/mol. The molecule has 5 nitrogen and oxygen atoms in total. The lowest BCUT2D eigenvalue weighted by molar-refractivity contribution is 0.484. The predicted octanol–water partition coefficient (Wildman–Crippen LogP) is 3.51. The van der Waals surface area contributed by atoms with Crippen molar-refractivity contribution in [2.24, 2.45) is 0 Å². The SMILES string of the molecule is O=S(=O)(O)c1cccc2nc(Cc3c(F)cc(F)cc3Br)cnc12. The van der Waals surface area contributed by atoms with Gasteiger partial charge in [-0.05, 0) is 18.2 Å². The number of fused-ring (bicyclic) bond motifs is 1. The fourth-order valence-corrected chi connectivity index (χ4v) is 3.47. The molecule has 0 atom stereocenters. The molecule has 9 heteroatoms. The van der Waals surface area contributed by atoms with Gasteiger partial charge in [0.2, 0.25) is 0 Å². The zero-order valence-corrected chi connectivity index (χ0v) is 14.3. The van der Waals surface area contributed by atoms with E-state index in [4.69, 9.17) is 0 Å². The molecule has 0 saturated heterocycles. The number of aromatic nitrogens is 2. The molecule has 1 aromatic heterocycles. The number of rotatable bonds is 3. The van der Waals surface area contributed by atoms with Gasteiger partial charge in [-0.2, -0.15) is 8.42 Å². The standard InChI is InChI=1S/C15H9BrF2N2O3S/c16-11-4-8(17)5-12(18)10(11)6-9-7-19-15-13(20-9)2-1-3-14(15)24(21,22)23/h1-5,7H,6H2,(H,21,22,23). The maximum Gasteiger partial charge on any atom is 0.296 e. The molecular weight excluding hydrogens is 406 g/mol. The zero-order valence-electron chi connectivity index (χ0n) is 11.9. The van der Waals surface area contributed by atoms with Crippen LogP contribution in [0.15, 0.2) is 45.9 Å². The van der Waals surface area contributed by atoms with Crippen molar-refractivity contribution in [3.8, 4) is 0 Å². The van der Waals surface area contributed by atoms with Crippen LogP contribution in [0.5, 0.6) is 0 Å². The summed E-state index contributed by atoms with van der Waals surface area (Å²) in [5.74, 6) is -1.43. The maximum absolute atomic E-state index is 13.9. The quantitative estimate of drug-likeness (QED) is 0.663. The Hall–Kier alpha value is -1.97. The van der Waals surface area contributed by atoms with Gasteiger partial charge in [0.15, 0.2) is 0 Å². The number of halogens is 3. The fraction of sp³-hybridized carbons (Fsp3) is 0.0667. The molecule has 2 aromatic carbocycles. The molecule has 1 heterocycles. The van der Waals surface area contributed by atoms with Gasteiger partial charge in [-0.3, -0.25) is 9.54 Å². The second-order valence-corrected chi connectivity index (χ2v) is 7.23. The molecule has 24 heavy (non-hydrogen) atoms. The maximum atomic E-state index is 13.9. The lowest BCUT2D eigenvalue weighted by Gasteiger charge is -2.08. The third-order valence-corrected chi connectivity index (χ3v) is 4.92. The van der Waals surface area contributed by atoms with Gasteiger partial charge >= 0.3 is 0 Å². The fourth-order valence-electron chi connectivity index (χ4n) is 2.27. The van der Waals surface area contributed by atoms with E-state index >= 15 is 0 Å². The summed E-state index contributed by atoms with van der Waals surface area (Å²) in [7, 11) is -4.43. The van der Waals surface area contributed by atoms with Crippen LogP contribution in [-0.2, 0) is 16.5 Å². The van der Waals surface area contributed by atoms with Gasteiger partial charge in [0, 0.05) is 28.7 Å². The average Bonchev–Trinajstić information content (AvgIpc) is 2.49. The molecule has 0 amide bonds. The molecule has 0 bridgehead atoms. The Morgan fingerprint density at radius 2 is 1.96 bits per heavy atom. The molecule has 0 unspecified atom stereocenters. The molecule has 3 aromatic rings. The van der Waals surface area contributed by atoms with Crippen molar-refractivity contribution in [3.05, 3.63) is 63.9 Å². The van der Waals surface area contributed by atoms with Crippen LogP contribution in [0.1, 0.15) is 11.3 Å². The summed E-state index contributed by atoms with van der Waals surface area (Å²) >= 11 is 3.10. The van der Waals surface area contributed by atoms with Crippen LogP contribution < -0.4 is 0 Å². The van der Waals surface area contributed by atoms with Gasteiger partial charge in [-0.1, -0.05) is 22.0 Å². The molecular formula is C15H9BrF2N2O3S. The normalized spacial score (nSPS) is 11.8. The second kappa shape index (κ2) is 6.15. The number of hydrogen-bond acceptors (Lipinski definition) is 4. The Morgan fingerprint density at radius 3 is 2.62 bits per heavy atom. The molecule has 0 fully saturated rings. The van der Waals surface area contributed by atoms with Crippen molar-refractivity contribution in [1.29, 1.82) is 0 Å². The summed E-state index contributed by atoms with van der Waals surface area (Å²) in [6.45, 7) is 0. The van der Waals surface area contributed by atoms with E-state index < -0.39 is 21.8 Å². The minimum absolute atomic E-state index is 0.0161. The van der Waals surface area contributed by atoms with Crippen molar-refractivity contribution in [2.45, 2.75) is 11.3 Å². The molecule has 0 radical (unpaired) electrons. The Balaban J connectivity index is 2.07. The zero-order chi connectivity index (χ0) is 17.5. The van der Waals surface area contributed by atoms with Crippen LogP contribution >= 0.6 is 15.9 Å². The first-order valence-electron chi connectivity index (χ1n) is 6.61. The van der Waals surface area contributed by atoms with Gasteiger partial charge in [-0.15, -0.1) is 0 Å². The average molecular weight is 415 g/mol. The lowest BCUT2D eigenvalue weighted by Crippen LogP contribution is -2.03. The number of nitrogens with zero attached hydrogens (tertiary/aromatic N) is 2. The summed E-state index contributed by atoms with van der Waals surface area (Å²) < 4.78 is 59.2. The van der Waals surface area contributed by atoms with E-state index in [-0.39, 0.29) is 32.4 Å². The molecule has 124 valence electrons. The van der Waals surface area contributed by atoms with Crippen LogP contribution in [0.4, 0.5) is 8.78 Å². The summed E-state index contributed by atoms with van der Waals surface area (Å²) in [5.41, 5.74) is 0.820. The number of hydrogen-bond donors (Lipinski definition) is 1. The first-order valence-corrected chi connectivity index (χ1v) is 8.84. The molecule has 0 saturated carbocycles. The van der Waals surface area contributed by atoms with Crippen molar-refractivity contribution < 1.29 is 21.8 Å². The second-order valence-electron chi connectivity index (χ2n) is 4.99. The van der Waals surface area contributed by atoms with Gasteiger partial charge < -0.3 is 0 Å². The Kier molecular flexibility index (Phi) is 4.33. The third kappa shape index (κ3) is 3.28. The molecule has 0 aliphatic carbocycles. The molecule has 1 N–H and O–H groups in total. The Bertz CT molecular complexity index is 1030. The van der Waals surface area contributed by atoms with Gasteiger partial charge in [0.25, 0.3) is 10.1 Å². The van der Waals surface area contributed by atoms with E-state index in [9.17, 15) is 21.8 Å². The minimum atomic E-state index is -4.43. The summed E-state index contributed by atoms with van der Waals surface area (Å²) in [6.07, 6.45) is 1.32. The first kappa shape index (κ1) is 16.9. The van der Waals surface area contributed by atoms with Crippen LogP contribution in [-0.4, -0.2) is 22.9 Å². The van der Waals surface area contributed by atoms with Crippen molar-refractivity contribution in [2.75, 3.05) is 0 Å². The van der Waals surface area contributed by atoms with Crippen molar-refractivity contribution in [3.63, 3.8) is 0 Å². The van der Waals surface area contributed by atoms with Gasteiger partial charge in [-0.25, -0.2) is 13.8 Å². The highest BCUT2D eigenvalue weighted by molar-refractivity contribution is 9.10. The topological polar surface area (TPSA) is 80.2 Å². The van der Waals surface area contributed by atoms with Gasteiger partial charge in [0.05, 0.1) is 11.2 Å². The number of benzene rings is 2. The highest BCUT2D eigenvalue weighted by atomic mass is 79.9. The van der Waals surface area contributed by atoms with E-state index in [2.05, 4.69) is 25.9 Å². The van der Waals surface area contributed by atoms with Gasteiger partial charge in [0.1, 0.15) is 22.0 Å². The van der Waals surface area contributed by atoms with Crippen LogP contribution in [0, 0.1) is 11.6 Å². The lowest BCUT2D eigenvalue weighted by atomic mass is 10.1. The monoisotopic (exact) mass is 414 g/mol. The first-order chi connectivity index (χ1) is 11.3. The van der Waals surface area contributed by atoms with Crippen LogP contribution in [0.25, 0.3) is 11.0 Å². The van der Waals surface area contributed by atoms with E-state index in [0.717, 1.165) is 12.1 Å². The Labute approximate surface area is 144 Å². The molecule has 0 aliphatic rings. The molecule has 3 rings (SSSR count). The molecule has 0 aliphatic heterocycles. The highest BCUT2D eigenvalue weighted by Gasteiger charge is 2.17. The minimum Gasteiger partial charge on any atom is -0.282 e. The summed E-state index contributed by atoms with van der Waals surface area (Å²) in [6, 6.07) is 6.06. The van der Waals surface area contributed by atoms with Crippen molar-refractivity contribution in [1.82, 2.24) is 9.97 Å². The number of para-hydroxylation sites is 1. The van der Waals surface area contributed by atoms with E-state index in [1.165, 1.54) is 24.4 Å². The van der Waals surface area contributed by atoms with Crippen LogP contribution in [0.3, 0.4) is 0 Å². The molecule has 0 spiro atoms. The largest absolute Gasteiger partial charge is 0.296 e. The van der Waals surface area contributed by atoms with Crippen LogP contribution in [0.2, 0.25) is 0 Å².